The van der Waals surface area contributed by atoms with Gasteiger partial charge in [0.25, 0.3) is 0 Å². The van der Waals surface area contributed by atoms with Gasteiger partial charge in [0.2, 0.25) is 11.8 Å². The molecule has 0 N–H and O–H groups in total. The Hall–Kier alpha value is -1.85. The third kappa shape index (κ3) is 3.30. The van der Waals surface area contributed by atoms with Gasteiger partial charge in [-0.1, -0.05) is 0 Å². The molecular formula is C11H16N2O4. The minimum atomic E-state index is -0.411. The molecule has 0 aliphatic carbocycles. The van der Waals surface area contributed by atoms with Crippen LogP contribution in [0.15, 0.2) is 10.6 Å². The van der Waals surface area contributed by atoms with E-state index in [-0.39, 0.29) is 24.3 Å². The smallest absolute Gasteiger partial charge is 0.314 e. The summed E-state index contributed by atoms with van der Waals surface area (Å²) in [5, 5.41) is 0. The summed E-state index contributed by atoms with van der Waals surface area (Å²) in [6.45, 7) is 3.30. The van der Waals surface area contributed by atoms with E-state index in [0.717, 1.165) is 0 Å². The molecule has 1 aromatic rings. The van der Waals surface area contributed by atoms with Crippen LogP contribution in [0.5, 0.6) is 0 Å². The van der Waals surface area contributed by atoms with Crippen LogP contribution in [0.4, 0.5) is 0 Å². The lowest BCUT2D eigenvalue weighted by molar-refractivity contribution is -0.140. The van der Waals surface area contributed by atoms with Crippen molar-refractivity contribution in [3.63, 3.8) is 0 Å². The highest BCUT2D eigenvalue weighted by Crippen LogP contribution is 2.19. The van der Waals surface area contributed by atoms with Gasteiger partial charge in [0.15, 0.2) is 0 Å². The Morgan fingerprint density at radius 1 is 1.59 bits per heavy atom. The van der Waals surface area contributed by atoms with E-state index >= 15 is 0 Å². The SMILES string of the molecule is COC(=O)Cc1ncc(C(C)N(C)C(C)=O)o1. The highest BCUT2D eigenvalue weighted by atomic mass is 16.5. The Morgan fingerprint density at radius 3 is 2.76 bits per heavy atom. The first kappa shape index (κ1) is 13.2. The van der Waals surface area contributed by atoms with Gasteiger partial charge < -0.3 is 14.1 Å². The maximum absolute atomic E-state index is 11.2. The molecule has 0 saturated carbocycles. The van der Waals surface area contributed by atoms with Gasteiger partial charge >= 0.3 is 5.97 Å². The van der Waals surface area contributed by atoms with Crippen molar-refractivity contribution in [3.8, 4) is 0 Å². The first-order chi connectivity index (χ1) is 7.95. The van der Waals surface area contributed by atoms with Crippen LogP contribution in [0.3, 0.4) is 0 Å². The number of aromatic nitrogens is 1. The molecule has 1 rings (SSSR count). The van der Waals surface area contributed by atoms with E-state index in [0.29, 0.717) is 5.76 Å². The standard InChI is InChI=1S/C11H16N2O4/c1-7(13(3)8(2)14)9-6-12-10(17-9)5-11(15)16-4/h6-7H,5H2,1-4H3. The second kappa shape index (κ2) is 5.47. The largest absolute Gasteiger partial charge is 0.469 e. The topological polar surface area (TPSA) is 72.6 Å². The fraction of sp³-hybridized carbons (Fsp3) is 0.545. The molecule has 17 heavy (non-hydrogen) atoms. The number of methoxy groups -OCH3 is 1. The summed E-state index contributed by atoms with van der Waals surface area (Å²) in [7, 11) is 2.98. The number of carbonyl (C=O) groups is 2. The van der Waals surface area contributed by atoms with Gasteiger partial charge in [0, 0.05) is 14.0 Å². The van der Waals surface area contributed by atoms with Crippen LogP contribution in [0.2, 0.25) is 0 Å². The van der Waals surface area contributed by atoms with E-state index in [2.05, 4.69) is 9.72 Å². The molecule has 1 heterocycles. The molecule has 1 unspecified atom stereocenters. The molecule has 0 bridgehead atoms. The van der Waals surface area contributed by atoms with E-state index in [1.807, 2.05) is 6.92 Å². The van der Waals surface area contributed by atoms with Crippen molar-refractivity contribution < 1.29 is 18.7 Å². The van der Waals surface area contributed by atoms with Crippen LogP contribution in [0.1, 0.15) is 31.5 Å². The Kier molecular flexibility index (Phi) is 4.25. The Labute approximate surface area is 99.6 Å². The Morgan fingerprint density at radius 2 is 2.24 bits per heavy atom. The summed E-state index contributed by atoms with van der Waals surface area (Å²) >= 11 is 0. The molecule has 6 heteroatoms. The minimum Gasteiger partial charge on any atom is -0.469 e. The second-order valence-corrected chi connectivity index (χ2v) is 3.72. The van der Waals surface area contributed by atoms with Crippen LogP contribution in [-0.4, -0.2) is 35.9 Å². The summed E-state index contributed by atoms with van der Waals surface area (Å²) in [6.07, 6.45) is 1.51. The number of oxazole rings is 1. The molecule has 0 radical (unpaired) electrons. The van der Waals surface area contributed by atoms with Crippen molar-refractivity contribution in [2.45, 2.75) is 26.3 Å². The Bertz CT molecular complexity index is 413. The van der Waals surface area contributed by atoms with Crippen LogP contribution in [0.25, 0.3) is 0 Å². The lowest BCUT2D eigenvalue weighted by atomic mass is 10.2. The van der Waals surface area contributed by atoms with Gasteiger partial charge in [0.1, 0.15) is 12.2 Å². The van der Waals surface area contributed by atoms with Crippen molar-refractivity contribution in [2.75, 3.05) is 14.2 Å². The van der Waals surface area contributed by atoms with Crippen molar-refractivity contribution in [2.24, 2.45) is 0 Å². The highest BCUT2D eigenvalue weighted by Gasteiger charge is 2.19. The molecule has 0 aromatic carbocycles. The number of nitrogens with zero attached hydrogens (tertiary/aromatic N) is 2. The fourth-order valence-corrected chi connectivity index (χ4v) is 1.26. The van der Waals surface area contributed by atoms with Crippen molar-refractivity contribution in [1.29, 1.82) is 0 Å². The molecule has 0 aliphatic rings. The summed E-state index contributed by atoms with van der Waals surface area (Å²) in [5.74, 6) is 0.353. The predicted molar refractivity (Wildman–Crippen MR) is 59.1 cm³/mol. The number of esters is 1. The van der Waals surface area contributed by atoms with E-state index in [1.54, 1.807) is 7.05 Å². The fourth-order valence-electron chi connectivity index (χ4n) is 1.26. The summed E-state index contributed by atoms with van der Waals surface area (Å²) in [5.41, 5.74) is 0. The number of carbonyl (C=O) groups excluding carboxylic acids is 2. The van der Waals surface area contributed by atoms with E-state index in [1.165, 1.54) is 25.1 Å². The van der Waals surface area contributed by atoms with Gasteiger partial charge in [-0.05, 0) is 6.92 Å². The van der Waals surface area contributed by atoms with E-state index in [4.69, 9.17) is 4.42 Å². The molecule has 1 aromatic heterocycles. The number of ether oxygens (including phenoxy) is 1. The Balaban J connectivity index is 2.73. The molecule has 0 spiro atoms. The number of hydrogen-bond donors (Lipinski definition) is 0. The zero-order chi connectivity index (χ0) is 13.0. The zero-order valence-corrected chi connectivity index (χ0v) is 10.4. The lowest BCUT2D eigenvalue weighted by Crippen LogP contribution is -2.26. The van der Waals surface area contributed by atoms with Gasteiger partial charge in [-0.2, -0.15) is 0 Å². The summed E-state index contributed by atoms with van der Waals surface area (Å²) in [6, 6.07) is -0.216. The third-order valence-electron chi connectivity index (χ3n) is 2.58. The maximum Gasteiger partial charge on any atom is 0.314 e. The van der Waals surface area contributed by atoms with Gasteiger partial charge in [0.05, 0.1) is 19.3 Å². The quantitative estimate of drug-likeness (QED) is 0.732. The van der Waals surface area contributed by atoms with Crippen LogP contribution in [-0.2, 0) is 20.7 Å². The highest BCUT2D eigenvalue weighted by molar-refractivity contribution is 5.73. The monoisotopic (exact) mass is 240 g/mol. The molecule has 0 saturated heterocycles. The molecule has 6 nitrogen and oxygen atoms in total. The molecule has 0 aliphatic heterocycles. The van der Waals surface area contributed by atoms with E-state index < -0.39 is 5.97 Å². The molecule has 0 fully saturated rings. The van der Waals surface area contributed by atoms with Gasteiger partial charge in [-0.15, -0.1) is 0 Å². The number of hydrogen-bond acceptors (Lipinski definition) is 5. The predicted octanol–water partition coefficient (Wildman–Crippen LogP) is 0.929. The first-order valence-corrected chi connectivity index (χ1v) is 5.20. The minimum absolute atomic E-state index is 0.00694. The van der Waals surface area contributed by atoms with Crippen LogP contribution in [0, 0.1) is 0 Å². The van der Waals surface area contributed by atoms with Crippen LogP contribution < -0.4 is 0 Å². The molecule has 1 amide bonds. The van der Waals surface area contributed by atoms with Crippen molar-refractivity contribution in [3.05, 3.63) is 17.8 Å². The van der Waals surface area contributed by atoms with Crippen molar-refractivity contribution >= 4 is 11.9 Å². The number of amides is 1. The van der Waals surface area contributed by atoms with Crippen molar-refractivity contribution in [1.82, 2.24) is 9.88 Å². The lowest BCUT2D eigenvalue weighted by Gasteiger charge is -2.20. The average Bonchev–Trinajstić information content (AvgIpc) is 2.75. The molecule has 94 valence electrons. The molecular weight excluding hydrogens is 224 g/mol. The van der Waals surface area contributed by atoms with Gasteiger partial charge in [-0.25, -0.2) is 4.98 Å². The summed E-state index contributed by atoms with van der Waals surface area (Å²) in [4.78, 5) is 27.7. The zero-order valence-electron chi connectivity index (χ0n) is 10.4. The first-order valence-electron chi connectivity index (χ1n) is 5.20. The third-order valence-corrected chi connectivity index (χ3v) is 2.58. The summed E-state index contributed by atoms with van der Waals surface area (Å²) < 4.78 is 9.89. The van der Waals surface area contributed by atoms with E-state index in [9.17, 15) is 9.59 Å². The van der Waals surface area contributed by atoms with Crippen LogP contribution >= 0.6 is 0 Å². The van der Waals surface area contributed by atoms with Gasteiger partial charge in [-0.3, -0.25) is 9.59 Å². The second-order valence-electron chi connectivity index (χ2n) is 3.72. The number of rotatable bonds is 4. The maximum atomic E-state index is 11.2. The normalized spacial score (nSPS) is 12.0. The average molecular weight is 240 g/mol. The molecule has 1 atom stereocenters.